The lowest BCUT2D eigenvalue weighted by atomic mass is 10.0. The number of hydrogen-bond donors (Lipinski definition) is 2. The fraction of sp³-hybridized carbons (Fsp3) is 0.615. The van der Waals surface area contributed by atoms with Gasteiger partial charge in [0.25, 0.3) is 5.56 Å². The molecular weight excluding hydrogens is 262 g/mol. The minimum absolute atomic E-state index is 0.146. The van der Waals surface area contributed by atoms with Gasteiger partial charge in [0.1, 0.15) is 5.92 Å². The molecule has 0 saturated carbocycles. The van der Waals surface area contributed by atoms with Crippen LogP contribution in [0.25, 0.3) is 0 Å². The van der Waals surface area contributed by atoms with Crippen molar-refractivity contribution < 1.29 is 14.6 Å². The van der Waals surface area contributed by atoms with Crippen LogP contribution in [0, 0.1) is 5.92 Å². The molecule has 1 aliphatic rings. The molecular formula is C13H19N3O4. The van der Waals surface area contributed by atoms with Crippen LogP contribution in [-0.4, -0.2) is 39.9 Å². The van der Waals surface area contributed by atoms with Crippen LogP contribution in [0.15, 0.2) is 17.2 Å². The fourth-order valence-electron chi connectivity index (χ4n) is 2.15. The summed E-state index contributed by atoms with van der Waals surface area (Å²) in [4.78, 5) is 27.4. The van der Waals surface area contributed by atoms with E-state index in [-0.39, 0.29) is 30.1 Å². The highest BCUT2D eigenvalue weighted by Gasteiger charge is 2.34. The van der Waals surface area contributed by atoms with Gasteiger partial charge >= 0.3 is 5.97 Å². The highest BCUT2D eigenvalue weighted by Crippen LogP contribution is 2.17. The molecule has 0 aliphatic carbocycles. The summed E-state index contributed by atoms with van der Waals surface area (Å²) in [6.07, 6.45) is 3.15. The number of anilines is 1. The van der Waals surface area contributed by atoms with Crippen molar-refractivity contribution in [2.45, 2.75) is 32.4 Å². The van der Waals surface area contributed by atoms with Crippen molar-refractivity contribution >= 4 is 11.8 Å². The zero-order valence-corrected chi connectivity index (χ0v) is 11.8. The number of carboxylic acids is 1. The van der Waals surface area contributed by atoms with Crippen molar-refractivity contribution in [2.24, 2.45) is 5.92 Å². The number of ether oxygens (including phenoxy) is 1. The van der Waals surface area contributed by atoms with E-state index in [1.54, 1.807) is 10.8 Å². The van der Waals surface area contributed by atoms with Crippen LogP contribution in [-0.2, 0) is 15.1 Å². The van der Waals surface area contributed by atoms with Crippen molar-refractivity contribution in [3.63, 3.8) is 0 Å². The van der Waals surface area contributed by atoms with Crippen LogP contribution in [0.2, 0.25) is 0 Å². The number of nitrogens with zero attached hydrogens (tertiary/aromatic N) is 2. The maximum Gasteiger partial charge on any atom is 0.311 e. The third-order valence-corrected chi connectivity index (χ3v) is 3.28. The zero-order chi connectivity index (χ0) is 14.9. The van der Waals surface area contributed by atoms with Crippen molar-refractivity contribution in [2.75, 3.05) is 18.5 Å². The summed E-state index contributed by atoms with van der Waals surface area (Å²) in [6, 6.07) is -0.441. The highest BCUT2D eigenvalue weighted by atomic mass is 16.5. The number of carbonyl (C=O) groups is 1. The van der Waals surface area contributed by atoms with E-state index in [2.05, 4.69) is 10.3 Å². The number of nitrogens with one attached hydrogen (secondary N) is 1. The molecule has 0 aromatic carbocycles. The van der Waals surface area contributed by atoms with E-state index >= 15 is 0 Å². The Hall–Kier alpha value is -1.89. The quantitative estimate of drug-likeness (QED) is 0.838. The van der Waals surface area contributed by atoms with Gasteiger partial charge in [0.15, 0.2) is 5.82 Å². The molecule has 1 aromatic rings. The number of hydrogen-bond acceptors (Lipinski definition) is 5. The first-order valence-corrected chi connectivity index (χ1v) is 6.46. The molecule has 2 unspecified atom stereocenters. The topological polar surface area (TPSA) is 93.4 Å². The molecule has 1 aliphatic heterocycles. The molecule has 0 radical (unpaired) electrons. The molecule has 1 aromatic heterocycles. The van der Waals surface area contributed by atoms with E-state index in [1.165, 1.54) is 6.20 Å². The van der Waals surface area contributed by atoms with Gasteiger partial charge < -0.3 is 19.7 Å². The molecule has 110 valence electrons. The molecule has 1 fully saturated rings. The molecule has 2 rings (SSSR count). The van der Waals surface area contributed by atoms with E-state index < -0.39 is 17.9 Å². The Morgan fingerprint density at radius 2 is 2.20 bits per heavy atom. The van der Waals surface area contributed by atoms with Crippen LogP contribution in [0.4, 0.5) is 5.82 Å². The first-order chi connectivity index (χ1) is 9.30. The number of aromatic nitrogens is 2. The average molecular weight is 281 g/mol. The van der Waals surface area contributed by atoms with E-state index in [9.17, 15) is 9.59 Å². The smallest absolute Gasteiger partial charge is 0.311 e. The van der Waals surface area contributed by atoms with Gasteiger partial charge in [0, 0.05) is 17.9 Å². The Balaban J connectivity index is 2.27. The monoisotopic (exact) mass is 281 g/mol. The van der Waals surface area contributed by atoms with Crippen LogP contribution in [0.1, 0.15) is 20.8 Å². The molecule has 1 saturated heterocycles. The Labute approximate surface area is 116 Å². The summed E-state index contributed by atoms with van der Waals surface area (Å²) in [5.74, 6) is -1.45. The maximum atomic E-state index is 12.3. The third kappa shape index (κ3) is 2.82. The molecule has 0 spiro atoms. The molecule has 7 heteroatoms. The standard InChI is InChI=1S/C13H19N3O4/c1-13(2,3)16-5-4-14-10(11(16)17)15-9-7-20-6-8(9)12(18)19/h4-5,8-9H,6-7H2,1-3H3,(H,14,15)(H,18,19). The van der Waals surface area contributed by atoms with Gasteiger partial charge in [0.2, 0.25) is 0 Å². The summed E-state index contributed by atoms with van der Waals surface area (Å²) in [5, 5.41) is 12.0. The molecule has 20 heavy (non-hydrogen) atoms. The SMILES string of the molecule is CC(C)(C)n1ccnc(NC2COCC2C(=O)O)c1=O. The van der Waals surface area contributed by atoms with E-state index in [1.807, 2.05) is 20.8 Å². The van der Waals surface area contributed by atoms with Crippen LogP contribution >= 0.6 is 0 Å². The van der Waals surface area contributed by atoms with Crippen LogP contribution < -0.4 is 10.9 Å². The lowest BCUT2D eigenvalue weighted by Crippen LogP contribution is -2.39. The second-order valence-corrected chi connectivity index (χ2v) is 5.85. The number of aliphatic carboxylic acids is 1. The van der Waals surface area contributed by atoms with Crippen LogP contribution in [0.5, 0.6) is 0 Å². The second kappa shape index (κ2) is 5.24. The van der Waals surface area contributed by atoms with Gasteiger partial charge in [-0.05, 0) is 20.8 Å². The van der Waals surface area contributed by atoms with E-state index in [0.29, 0.717) is 0 Å². The lowest BCUT2D eigenvalue weighted by Gasteiger charge is -2.23. The molecule has 0 amide bonds. The first kappa shape index (κ1) is 14.5. The summed E-state index contributed by atoms with van der Waals surface area (Å²) >= 11 is 0. The Morgan fingerprint density at radius 1 is 1.50 bits per heavy atom. The fourth-order valence-corrected chi connectivity index (χ4v) is 2.15. The predicted octanol–water partition coefficient (Wildman–Crippen LogP) is 0.510. The maximum absolute atomic E-state index is 12.3. The van der Waals surface area contributed by atoms with Crippen molar-refractivity contribution in [3.8, 4) is 0 Å². The average Bonchev–Trinajstić information content (AvgIpc) is 2.78. The molecule has 2 atom stereocenters. The van der Waals surface area contributed by atoms with Crippen molar-refractivity contribution in [3.05, 3.63) is 22.7 Å². The largest absolute Gasteiger partial charge is 0.481 e. The molecule has 0 bridgehead atoms. The number of carboxylic acid groups (broad SMARTS) is 1. The van der Waals surface area contributed by atoms with Gasteiger partial charge in [-0.25, -0.2) is 4.98 Å². The highest BCUT2D eigenvalue weighted by molar-refractivity contribution is 5.72. The lowest BCUT2D eigenvalue weighted by molar-refractivity contribution is -0.141. The third-order valence-electron chi connectivity index (χ3n) is 3.28. The summed E-state index contributed by atoms with van der Waals surface area (Å²) in [7, 11) is 0. The normalized spacial score (nSPS) is 22.8. The summed E-state index contributed by atoms with van der Waals surface area (Å²) in [5.41, 5.74) is -0.634. The Bertz CT molecular complexity index is 561. The van der Waals surface area contributed by atoms with Gasteiger partial charge in [-0.1, -0.05) is 0 Å². The molecule has 7 nitrogen and oxygen atoms in total. The molecule has 2 N–H and O–H groups in total. The minimum atomic E-state index is -0.938. The second-order valence-electron chi connectivity index (χ2n) is 5.85. The van der Waals surface area contributed by atoms with Gasteiger partial charge in [-0.2, -0.15) is 0 Å². The predicted molar refractivity (Wildman–Crippen MR) is 72.8 cm³/mol. The minimum Gasteiger partial charge on any atom is -0.481 e. The Morgan fingerprint density at radius 3 is 2.80 bits per heavy atom. The van der Waals surface area contributed by atoms with Crippen molar-refractivity contribution in [1.29, 1.82) is 0 Å². The molecule has 2 heterocycles. The first-order valence-electron chi connectivity index (χ1n) is 6.46. The van der Waals surface area contributed by atoms with Crippen molar-refractivity contribution in [1.82, 2.24) is 9.55 Å². The van der Waals surface area contributed by atoms with Crippen LogP contribution in [0.3, 0.4) is 0 Å². The van der Waals surface area contributed by atoms with Gasteiger partial charge in [-0.15, -0.1) is 0 Å². The zero-order valence-electron chi connectivity index (χ0n) is 11.8. The number of rotatable bonds is 3. The Kier molecular flexibility index (Phi) is 3.80. The summed E-state index contributed by atoms with van der Waals surface area (Å²) in [6.45, 7) is 6.14. The van der Waals surface area contributed by atoms with Gasteiger partial charge in [-0.3, -0.25) is 9.59 Å². The van der Waals surface area contributed by atoms with Gasteiger partial charge in [0.05, 0.1) is 19.3 Å². The summed E-state index contributed by atoms with van der Waals surface area (Å²) < 4.78 is 6.72. The van der Waals surface area contributed by atoms with E-state index in [0.717, 1.165) is 0 Å². The van der Waals surface area contributed by atoms with E-state index in [4.69, 9.17) is 9.84 Å².